The van der Waals surface area contributed by atoms with E-state index in [-0.39, 0.29) is 42.8 Å². The SMILES string of the molecule is COc1ccc(S(=O)(=O)N(C)C[C@H]2Oc3ccc(NC(=O)Nc4ccccc4)cc3CC(=O)N([C@H](C)CO)C[C@H]2C)cc1. The van der Waals surface area contributed by atoms with Gasteiger partial charge in [-0.05, 0) is 61.5 Å². The second-order valence-corrected chi connectivity index (χ2v) is 12.7. The molecule has 0 unspecified atom stereocenters. The van der Waals surface area contributed by atoms with E-state index in [4.69, 9.17) is 9.47 Å². The van der Waals surface area contributed by atoms with Crippen molar-refractivity contribution >= 4 is 33.3 Å². The number of ether oxygens (including phenoxy) is 2. The number of nitrogens with zero attached hydrogens (tertiary/aromatic N) is 2. The van der Waals surface area contributed by atoms with Crippen molar-refractivity contribution in [2.75, 3.05) is 44.5 Å². The lowest BCUT2D eigenvalue weighted by molar-refractivity contribution is -0.134. The second kappa shape index (κ2) is 13.9. The van der Waals surface area contributed by atoms with Gasteiger partial charge < -0.3 is 30.1 Å². The Morgan fingerprint density at radius 1 is 1.09 bits per heavy atom. The van der Waals surface area contributed by atoms with Crippen molar-refractivity contribution in [2.45, 2.75) is 37.3 Å². The van der Waals surface area contributed by atoms with E-state index in [1.807, 2.05) is 25.1 Å². The third kappa shape index (κ3) is 7.83. The number of aliphatic hydroxyl groups is 1. The van der Waals surface area contributed by atoms with E-state index in [9.17, 15) is 23.1 Å². The van der Waals surface area contributed by atoms with Gasteiger partial charge in [0, 0.05) is 36.4 Å². The van der Waals surface area contributed by atoms with Gasteiger partial charge in [-0.2, -0.15) is 4.31 Å². The summed E-state index contributed by atoms with van der Waals surface area (Å²) >= 11 is 0. The van der Waals surface area contributed by atoms with Crippen LogP contribution in [0, 0.1) is 5.92 Å². The van der Waals surface area contributed by atoms with Crippen LogP contribution in [0.25, 0.3) is 0 Å². The Morgan fingerprint density at radius 2 is 1.77 bits per heavy atom. The Morgan fingerprint density at radius 3 is 2.42 bits per heavy atom. The van der Waals surface area contributed by atoms with Crippen LogP contribution in [0.2, 0.25) is 0 Å². The van der Waals surface area contributed by atoms with E-state index in [1.54, 1.807) is 54.3 Å². The van der Waals surface area contributed by atoms with E-state index in [1.165, 1.54) is 30.6 Å². The van der Waals surface area contributed by atoms with Gasteiger partial charge in [0.1, 0.15) is 17.6 Å². The first-order chi connectivity index (χ1) is 20.5. The smallest absolute Gasteiger partial charge is 0.323 e. The fourth-order valence-electron chi connectivity index (χ4n) is 4.82. The van der Waals surface area contributed by atoms with E-state index in [0.29, 0.717) is 28.4 Å². The summed E-state index contributed by atoms with van der Waals surface area (Å²) < 4.78 is 39.6. The van der Waals surface area contributed by atoms with Gasteiger partial charge in [0.2, 0.25) is 15.9 Å². The van der Waals surface area contributed by atoms with E-state index >= 15 is 0 Å². The Kier molecular flexibility index (Phi) is 10.3. The number of hydrogen-bond acceptors (Lipinski definition) is 7. The maximum atomic E-state index is 13.5. The van der Waals surface area contributed by atoms with Crippen molar-refractivity contribution in [1.82, 2.24) is 9.21 Å². The molecule has 1 aliphatic rings. The fourth-order valence-corrected chi connectivity index (χ4v) is 6.00. The first kappa shape index (κ1) is 31.8. The number of methoxy groups -OCH3 is 1. The van der Waals surface area contributed by atoms with Crippen LogP contribution in [-0.4, -0.2) is 80.7 Å². The van der Waals surface area contributed by atoms with Gasteiger partial charge in [-0.15, -0.1) is 0 Å². The van der Waals surface area contributed by atoms with Crippen LogP contribution in [0.15, 0.2) is 77.7 Å². The zero-order chi connectivity index (χ0) is 31.1. The van der Waals surface area contributed by atoms with Crippen LogP contribution in [0.3, 0.4) is 0 Å². The molecule has 0 spiro atoms. The van der Waals surface area contributed by atoms with E-state index in [2.05, 4.69) is 10.6 Å². The lowest BCUT2D eigenvalue weighted by atomic mass is 10.0. The predicted octanol–water partition coefficient (Wildman–Crippen LogP) is 3.81. The maximum Gasteiger partial charge on any atom is 0.323 e. The molecule has 11 nitrogen and oxygen atoms in total. The Labute approximate surface area is 252 Å². The monoisotopic (exact) mass is 610 g/mol. The number of aliphatic hydroxyl groups excluding tert-OH is 1. The number of rotatable bonds is 9. The molecule has 3 atom stereocenters. The molecule has 0 fully saturated rings. The molecule has 12 heteroatoms. The minimum absolute atomic E-state index is 0.00396. The fraction of sp³-hybridized carbons (Fsp3) is 0.355. The highest BCUT2D eigenvalue weighted by Gasteiger charge is 2.33. The highest BCUT2D eigenvalue weighted by atomic mass is 32.2. The van der Waals surface area contributed by atoms with Gasteiger partial charge in [-0.25, -0.2) is 13.2 Å². The quantitative estimate of drug-likeness (QED) is 0.335. The number of carbonyl (C=O) groups excluding carboxylic acids is 2. The van der Waals surface area contributed by atoms with Crippen LogP contribution < -0.4 is 20.1 Å². The molecule has 0 aromatic heterocycles. The van der Waals surface area contributed by atoms with Crippen molar-refractivity contribution < 1.29 is 32.6 Å². The summed E-state index contributed by atoms with van der Waals surface area (Å²) in [4.78, 5) is 27.8. The van der Waals surface area contributed by atoms with Gasteiger partial charge in [0.15, 0.2) is 0 Å². The summed E-state index contributed by atoms with van der Waals surface area (Å²) in [6.45, 7) is 3.66. The summed E-state index contributed by atoms with van der Waals surface area (Å²) in [6, 6.07) is 19.2. The highest BCUT2D eigenvalue weighted by Crippen LogP contribution is 2.30. The van der Waals surface area contributed by atoms with Crippen LogP contribution in [0.5, 0.6) is 11.5 Å². The third-order valence-corrected chi connectivity index (χ3v) is 9.25. The molecule has 1 aliphatic heterocycles. The number of para-hydroxylation sites is 1. The van der Waals surface area contributed by atoms with Gasteiger partial charge in [-0.1, -0.05) is 25.1 Å². The molecule has 3 amide bonds. The summed E-state index contributed by atoms with van der Waals surface area (Å²) in [7, 11) is -0.868. The number of hydrogen-bond donors (Lipinski definition) is 3. The average molecular weight is 611 g/mol. The number of fused-ring (bicyclic) bond motifs is 1. The topological polar surface area (TPSA) is 138 Å². The highest BCUT2D eigenvalue weighted by molar-refractivity contribution is 7.89. The normalized spacial score (nSPS) is 18.0. The molecular formula is C31H38N4O7S. The number of urea groups is 1. The van der Waals surface area contributed by atoms with Gasteiger partial charge >= 0.3 is 6.03 Å². The first-order valence-electron chi connectivity index (χ1n) is 13.9. The van der Waals surface area contributed by atoms with E-state index < -0.39 is 28.2 Å². The van der Waals surface area contributed by atoms with Crippen molar-refractivity contribution in [3.05, 3.63) is 78.4 Å². The maximum absolute atomic E-state index is 13.5. The zero-order valence-electron chi connectivity index (χ0n) is 24.7. The molecule has 0 saturated carbocycles. The molecule has 0 bridgehead atoms. The Bertz CT molecular complexity index is 1520. The van der Waals surface area contributed by atoms with Gasteiger partial charge in [0.05, 0.1) is 37.6 Å². The molecule has 0 saturated heterocycles. The van der Waals surface area contributed by atoms with E-state index in [0.717, 1.165) is 0 Å². The van der Waals surface area contributed by atoms with Crippen molar-refractivity contribution in [3.63, 3.8) is 0 Å². The standard InChI is InChI=1S/C31H38N4O7S/c1-21-18-35(22(2)20-36)30(37)17-23-16-25(33-31(38)32-24-8-6-5-7-9-24)10-15-28(23)42-29(21)19-34(3)43(39,40)27-13-11-26(41-4)12-14-27/h5-16,21-22,29,36H,17-20H2,1-4H3,(H2,32,33,38)/t21-,22-,29-/m1/s1. The molecule has 3 aromatic rings. The minimum atomic E-state index is -3.86. The predicted molar refractivity (Wildman–Crippen MR) is 164 cm³/mol. The number of benzene rings is 3. The minimum Gasteiger partial charge on any atom is -0.497 e. The molecule has 43 heavy (non-hydrogen) atoms. The molecule has 0 aliphatic carbocycles. The van der Waals surface area contributed by atoms with Crippen molar-refractivity contribution in [2.24, 2.45) is 5.92 Å². The number of carbonyl (C=O) groups is 2. The summed E-state index contributed by atoms with van der Waals surface area (Å²) in [5.74, 6) is 0.435. The van der Waals surface area contributed by atoms with Crippen LogP contribution in [-0.2, 0) is 21.2 Å². The molecule has 1 heterocycles. The van der Waals surface area contributed by atoms with Crippen LogP contribution >= 0.6 is 0 Å². The molecule has 3 aromatic carbocycles. The van der Waals surface area contributed by atoms with Gasteiger partial charge in [0.25, 0.3) is 0 Å². The number of anilines is 2. The summed E-state index contributed by atoms with van der Waals surface area (Å²) in [5, 5.41) is 15.4. The Balaban J connectivity index is 1.61. The van der Waals surface area contributed by atoms with Crippen molar-refractivity contribution in [3.8, 4) is 11.5 Å². The number of sulfonamides is 1. The van der Waals surface area contributed by atoms with Crippen molar-refractivity contribution in [1.29, 1.82) is 0 Å². The van der Waals surface area contributed by atoms with Gasteiger partial charge in [-0.3, -0.25) is 4.79 Å². The number of nitrogens with one attached hydrogen (secondary N) is 2. The third-order valence-electron chi connectivity index (χ3n) is 7.41. The molecule has 230 valence electrons. The lowest BCUT2D eigenvalue weighted by Gasteiger charge is -2.33. The largest absolute Gasteiger partial charge is 0.497 e. The molecule has 4 rings (SSSR count). The van der Waals surface area contributed by atoms with Crippen LogP contribution in [0.1, 0.15) is 19.4 Å². The molecule has 3 N–H and O–H groups in total. The zero-order valence-corrected chi connectivity index (χ0v) is 25.5. The summed E-state index contributed by atoms with van der Waals surface area (Å²) in [5.41, 5.74) is 1.60. The summed E-state index contributed by atoms with van der Waals surface area (Å²) in [6.07, 6.45) is -0.675. The average Bonchev–Trinajstić information content (AvgIpc) is 3.04. The van der Waals surface area contributed by atoms with Crippen LogP contribution in [0.4, 0.5) is 16.2 Å². The lowest BCUT2D eigenvalue weighted by Crippen LogP contribution is -2.48. The molecular weight excluding hydrogens is 572 g/mol. The Hall–Kier alpha value is -4.13. The molecule has 0 radical (unpaired) electrons. The number of amides is 3. The second-order valence-electron chi connectivity index (χ2n) is 10.6. The first-order valence-corrected chi connectivity index (χ1v) is 15.4. The number of likely N-dealkylation sites (N-methyl/N-ethyl adjacent to an activating group) is 1.